The molecule has 1 aliphatic rings. The Morgan fingerprint density at radius 2 is 1.76 bits per heavy atom. The minimum atomic E-state index is 0.371. The summed E-state index contributed by atoms with van der Waals surface area (Å²) in [7, 11) is 3.15. The van der Waals surface area contributed by atoms with Crippen LogP contribution in [-0.2, 0) is 0 Å². The molecular formula is C15H15ClN2O3. The molecule has 0 N–H and O–H groups in total. The van der Waals surface area contributed by atoms with E-state index in [4.69, 9.17) is 25.8 Å². The number of hydrogen-bond acceptors (Lipinski definition) is 5. The van der Waals surface area contributed by atoms with E-state index in [0.29, 0.717) is 34.2 Å². The standard InChI is InChI=1S/C15H15ClN2O3/c1-19-10-4-3-5-11(20-2)14(10)21-13-8-12(16)17-15(18-13)9-6-7-9/h3-5,8-9H,6-7H2,1-2H3. The molecule has 6 heteroatoms. The molecule has 0 atom stereocenters. The van der Waals surface area contributed by atoms with E-state index >= 15 is 0 Å². The number of nitrogens with zero attached hydrogens (tertiary/aromatic N) is 2. The van der Waals surface area contributed by atoms with Gasteiger partial charge >= 0.3 is 0 Å². The second-order valence-electron chi connectivity index (χ2n) is 4.76. The van der Waals surface area contributed by atoms with Crippen LogP contribution in [-0.4, -0.2) is 24.2 Å². The van der Waals surface area contributed by atoms with Crippen molar-refractivity contribution in [1.29, 1.82) is 0 Å². The Bertz CT molecular complexity index is 637. The van der Waals surface area contributed by atoms with Crippen LogP contribution in [0, 0.1) is 0 Å². The highest BCUT2D eigenvalue weighted by Crippen LogP contribution is 2.42. The SMILES string of the molecule is COc1cccc(OC)c1Oc1cc(Cl)nc(C2CC2)n1. The number of methoxy groups -OCH3 is 2. The maximum atomic E-state index is 6.04. The molecule has 0 saturated heterocycles. The molecule has 5 nitrogen and oxygen atoms in total. The number of ether oxygens (including phenoxy) is 3. The van der Waals surface area contributed by atoms with Crippen molar-refractivity contribution in [3.63, 3.8) is 0 Å². The largest absolute Gasteiger partial charge is 0.493 e. The van der Waals surface area contributed by atoms with Crippen LogP contribution >= 0.6 is 11.6 Å². The third kappa shape index (κ3) is 3.03. The zero-order valence-corrected chi connectivity index (χ0v) is 12.6. The van der Waals surface area contributed by atoms with Gasteiger partial charge < -0.3 is 14.2 Å². The van der Waals surface area contributed by atoms with E-state index < -0.39 is 0 Å². The minimum Gasteiger partial charge on any atom is -0.493 e. The van der Waals surface area contributed by atoms with Gasteiger partial charge in [0.2, 0.25) is 11.6 Å². The molecule has 0 bridgehead atoms. The summed E-state index contributed by atoms with van der Waals surface area (Å²) in [6.07, 6.45) is 2.19. The van der Waals surface area contributed by atoms with Gasteiger partial charge in [0.05, 0.1) is 14.2 Å². The number of benzene rings is 1. The maximum absolute atomic E-state index is 6.04. The topological polar surface area (TPSA) is 53.5 Å². The van der Waals surface area contributed by atoms with E-state index in [1.165, 1.54) is 0 Å². The lowest BCUT2D eigenvalue weighted by molar-refractivity contribution is 0.341. The lowest BCUT2D eigenvalue weighted by Crippen LogP contribution is -1.99. The van der Waals surface area contributed by atoms with Crippen LogP contribution in [0.15, 0.2) is 24.3 Å². The lowest BCUT2D eigenvalue weighted by atomic mass is 10.3. The molecule has 1 aliphatic carbocycles. The van der Waals surface area contributed by atoms with E-state index in [0.717, 1.165) is 18.7 Å². The summed E-state index contributed by atoms with van der Waals surface area (Å²) >= 11 is 6.04. The first-order chi connectivity index (χ1) is 10.2. The highest BCUT2D eigenvalue weighted by atomic mass is 35.5. The summed E-state index contributed by atoms with van der Waals surface area (Å²) < 4.78 is 16.4. The predicted octanol–water partition coefficient (Wildman–Crippen LogP) is 3.82. The first-order valence-electron chi connectivity index (χ1n) is 6.64. The van der Waals surface area contributed by atoms with Crippen molar-refractivity contribution < 1.29 is 14.2 Å². The lowest BCUT2D eigenvalue weighted by Gasteiger charge is -2.13. The van der Waals surface area contributed by atoms with Crippen molar-refractivity contribution in [3.05, 3.63) is 35.2 Å². The fourth-order valence-corrected chi connectivity index (χ4v) is 2.19. The number of para-hydroxylation sites is 1. The summed E-state index contributed by atoms with van der Waals surface area (Å²) in [6.45, 7) is 0. The van der Waals surface area contributed by atoms with E-state index in [9.17, 15) is 0 Å². The minimum absolute atomic E-state index is 0.371. The molecule has 1 aromatic carbocycles. The van der Waals surface area contributed by atoms with Crippen molar-refractivity contribution in [2.24, 2.45) is 0 Å². The molecule has 1 heterocycles. The van der Waals surface area contributed by atoms with E-state index in [1.54, 1.807) is 32.4 Å². The van der Waals surface area contributed by atoms with Crippen LogP contribution in [0.5, 0.6) is 23.1 Å². The van der Waals surface area contributed by atoms with Gasteiger partial charge in [-0.05, 0) is 25.0 Å². The van der Waals surface area contributed by atoms with Crippen molar-refractivity contribution >= 4 is 11.6 Å². The van der Waals surface area contributed by atoms with Crippen LogP contribution in [0.4, 0.5) is 0 Å². The molecule has 1 aromatic heterocycles. The molecule has 0 aliphatic heterocycles. The molecular weight excluding hydrogens is 292 g/mol. The molecule has 1 saturated carbocycles. The molecule has 0 spiro atoms. The van der Waals surface area contributed by atoms with Gasteiger partial charge in [-0.15, -0.1) is 0 Å². The van der Waals surface area contributed by atoms with Gasteiger partial charge in [0.1, 0.15) is 11.0 Å². The average Bonchev–Trinajstić information content (AvgIpc) is 3.31. The Kier molecular flexibility index (Phi) is 3.84. The third-order valence-corrected chi connectivity index (χ3v) is 3.41. The highest BCUT2D eigenvalue weighted by molar-refractivity contribution is 6.29. The van der Waals surface area contributed by atoms with Crippen molar-refractivity contribution in [1.82, 2.24) is 9.97 Å². The number of halogens is 1. The molecule has 0 amide bonds. The Labute approximate surface area is 127 Å². The number of aromatic nitrogens is 2. The Morgan fingerprint density at radius 1 is 1.10 bits per heavy atom. The second-order valence-corrected chi connectivity index (χ2v) is 5.14. The highest BCUT2D eigenvalue weighted by Gasteiger charge is 2.27. The molecule has 110 valence electrons. The van der Waals surface area contributed by atoms with Crippen LogP contribution < -0.4 is 14.2 Å². The van der Waals surface area contributed by atoms with Crippen LogP contribution in [0.3, 0.4) is 0 Å². The van der Waals surface area contributed by atoms with Crippen molar-refractivity contribution in [2.75, 3.05) is 14.2 Å². The first-order valence-corrected chi connectivity index (χ1v) is 7.02. The Morgan fingerprint density at radius 3 is 2.33 bits per heavy atom. The monoisotopic (exact) mass is 306 g/mol. The normalized spacial score (nSPS) is 13.9. The van der Waals surface area contributed by atoms with Gasteiger partial charge in [-0.3, -0.25) is 0 Å². The molecule has 0 unspecified atom stereocenters. The van der Waals surface area contributed by atoms with Crippen LogP contribution in [0.2, 0.25) is 5.15 Å². The quantitative estimate of drug-likeness (QED) is 0.786. The third-order valence-electron chi connectivity index (χ3n) is 3.22. The zero-order chi connectivity index (χ0) is 14.8. The summed E-state index contributed by atoms with van der Waals surface area (Å²) in [5, 5.41) is 0.371. The first kappa shape index (κ1) is 13.9. The van der Waals surface area contributed by atoms with Gasteiger partial charge in [0.25, 0.3) is 0 Å². The van der Waals surface area contributed by atoms with Crippen molar-refractivity contribution in [2.45, 2.75) is 18.8 Å². The smallest absolute Gasteiger partial charge is 0.224 e. The Hall–Kier alpha value is -2.01. The van der Waals surface area contributed by atoms with Crippen molar-refractivity contribution in [3.8, 4) is 23.1 Å². The van der Waals surface area contributed by atoms with E-state index in [-0.39, 0.29) is 0 Å². The number of hydrogen-bond donors (Lipinski definition) is 0. The molecule has 3 rings (SSSR count). The van der Waals surface area contributed by atoms with Gasteiger partial charge in [0.15, 0.2) is 11.5 Å². The average molecular weight is 307 g/mol. The molecule has 2 aromatic rings. The van der Waals surface area contributed by atoms with Crippen LogP contribution in [0.25, 0.3) is 0 Å². The van der Waals surface area contributed by atoms with Crippen LogP contribution in [0.1, 0.15) is 24.6 Å². The fraction of sp³-hybridized carbons (Fsp3) is 0.333. The predicted molar refractivity (Wildman–Crippen MR) is 78.6 cm³/mol. The van der Waals surface area contributed by atoms with E-state index in [1.807, 2.05) is 6.07 Å². The van der Waals surface area contributed by atoms with Gasteiger partial charge in [-0.1, -0.05) is 17.7 Å². The summed E-state index contributed by atoms with van der Waals surface area (Å²) in [5.74, 6) is 3.12. The zero-order valence-electron chi connectivity index (χ0n) is 11.8. The van der Waals surface area contributed by atoms with Gasteiger partial charge in [-0.25, -0.2) is 4.98 Å². The molecule has 0 radical (unpaired) electrons. The molecule has 1 fully saturated rings. The summed E-state index contributed by atoms with van der Waals surface area (Å²) in [4.78, 5) is 8.65. The number of rotatable bonds is 5. The summed E-state index contributed by atoms with van der Waals surface area (Å²) in [6, 6.07) is 7.00. The second kappa shape index (κ2) is 5.77. The summed E-state index contributed by atoms with van der Waals surface area (Å²) in [5.41, 5.74) is 0. The van der Waals surface area contributed by atoms with Gasteiger partial charge in [0, 0.05) is 12.0 Å². The maximum Gasteiger partial charge on any atom is 0.224 e. The fourth-order valence-electron chi connectivity index (χ4n) is 2.01. The Balaban J connectivity index is 1.96. The van der Waals surface area contributed by atoms with E-state index in [2.05, 4.69) is 9.97 Å². The van der Waals surface area contributed by atoms with Gasteiger partial charge in [-0.2, -0.15) is 4.98 Å². The molecule has 21 heavy (non-hydrogen) atoms.